The molecule has 16 heteroatoms. The quantitative estimate of drug-likeness (QED) is 0.102. The molecule has 5 aromatic rings. The van der Waals surface area contributed by atoms with Crippen molar-refractivity contribution in [2.75, 3.05) is 0 Å². The summed E-state index contributed by atoms with van der Waals surface area (Å²) in [5.41, 5.74) is -0.146. The number of nitrogens with zero attached hydrogens (tertiary/aromatic N) is 1. The fourth-order valence-corrected chi connectivity index (χ4v) is 7.06. The van der Waals surface area contributed by atoms with Gasteiger partial charge in [-0.1, -0.05) is 30.3 Å². The van der Waals surface area contributed by atoms with Gasteiger partial charge in [-0.05, 0) is 25.1 Å². The second-order valence-corrected chi connectivity index (χ2v) is 13.0. The molecule has 0 radical (unpaired) electrons. The van der Waals surface area contributed by atoms with Crippen molar-refractivity contribution in [1.82, 2.24) is 0 Å². The lowest BCUT2D eigenvalue weighted by Gasteiger charge is -2.21. The Balaban J connectivity index is 1.94. The van der Waals surface area contributed by atoms with Gasteiger partial charge in [0.2, 0.25) is 0 Å². The highest BCUT2D eigenvalue weighted by Gasteiger charge is 2.29. The van der Waals surface area contributed by atoms with E-state index >= 15 is 0 Å². The molecule has 0 bridgehead atoms. The molecule has 0 unspecified atom stereocenters. The molecule has 0 saturated heterocycles. The van der Waals surface area contributed by atoms with Crippen LogP contribution in [0.3, 0.4) is 0 Å². The minimum absolute atomic E-state index is 0.0784. The SMILES string of the molecule is C[C@H](Oc1cc(S(=O)(=O)O)c2ccc3c(S(=O)(=O)O)cc(S(=O)(=O)O)c4ccc1c2c43)c1ccccc1[N+](=O)[O-]. The maximum Gasteiger partial charge on any atom is 0.295 e. The zero-order chi connectivity index (χ0) is 29.4. The lowest BCUT2D eigenvalue weighted by atomic mass is 9.93. The second kappa shape index (κ2) is 9.05. The van der Waals surface area contributed by atoms with Gasteiger partial charge in [-0.25, -0.2) is 0 Å². The van der Waals surface area contributed by atoms with Crippen LogP contribution in [0.1, 0.15) is 18.6 Å². The van der Waals surface area contributed by atoms with E-state index in [-0.39, 0.29) is 49.3 Å². The molecule has 0 amide bonds. The normalized spacial score (nSPS) is 13.7. The number of nitro benzene ring substituents is 1. The van der Waals surface area contributed by atoms with E-state index in [2.05, 4.69) is 0 Å². The van der Waals surface area contributed by atoms with Crippen LogP contribution in [0, 0.1) is 10.1 Å². The van der Waals surface area contributed by atoms with Crippen LogP contribution in [-0.4, -0.2) is 43.8 Å². The molecule has 40 heavy (non-hydrogen) atoms. The predicted molar refractivity (Wildman–Crippen MR) is 142 cm³/mol. The van der Waals surface area contributed by atoms with E-state index in [0.717, 1.165) is 18.2 Å². The molecule has 3 N–H and O–H groups in total. The van der Waals surface area contributed by atoms with Gasteiger partial charge in [-0.3, -0.25) is 23.8 Å². The maximum atomic E-state index is 12.4. The lowest BCUT2D eigenvalue weighted by molar-refractivity contribution is -0.386. The van der Waals surface area contributed by atoms with Crippen molar-refractivity contribution in [2.24, 2.45) is 0 Å². The number of benzene rings is 5. The molecule has 208 valence electrons. The number of para-hydroxylation sites is 1. The fourth-order valence-electron chi connectivity index (χ4n) is 4.86. The maximum absolute atomic E-state index is 12.4. The highest BCUT2D eigenvalue weighted by molar-refractivity contribution is 7.87. The smallest absolute Gasteiger partial charge is 0.295 e. The van der Waals surface area contributed by atoms with Gasteiger partial charge in [0, 0.05) is 44.5 Å². The van der Waals surface area contributed by atoms with Crippen molar-refractivity contribution < 1.29 is 48.6 Å². The van der Waals surface area contributed by atoms with Crippen LogP contribution in [0.2, 0.25) is 0 Å². The van der Waals surface area contributed by atoms with Crippen LogP contribution in [-0.2, 0) is 30.4 Å². The third-order valence-electron chi connectivity index (χ3n) is 6.46. The van der Waals surface area contributed by atoms with E-state index < -0.39 is 56.1 Å². The number of rotatable bonds is 7. The molecule has 0 saturated carbocycles. The Morgan fingerprint density at radius 3 is 1.60 bits per heavy atom. The summed E-state index contributed by atoms with van der Waals surface area (Å²) in [5.74, 6) is -0.203. The minimum Gasteiger partial charge on any atom is -0.485 e. The van der Waals surface area contributed by atoms with Crippen LogP contribution < -0.4 is 4.74 Å². The minimum atomic E-state index is -5.07. The standard InChI is InChI=1S/C24H17NO12S3/c1-12(13-4-2-3-5-18(13)25(26)27)37-19-10-20(38(28,29)30)15-8-9-17-22(40(34,35)36)11-21(39(31,32)33)16-7-6-14(19)23(15)24(16)17/h2-12H,1H3,(H,28,29,30)(H,31,32,33)(H,34,35,36)/t12-/m0/s1. The highest BCUT2D eigenvalue weighted by atomic mass is 32.2. The van der Waals surface area contributed by atoms with Gasteiger partial charge in [0.1, 0.15) is 26.5 Å². The highest BCUT2D eigenvalue weighted by Crippen LogP contribution is 2.46. The second-order valence-electron chi connectivity index (χ2n) is 8.82. The third kappa shape index (κ3) is 4.49. The number of hydrogen-bond donors (Lipinski definition) is 3. The Morgan fingerprint density at radius 1 is 0.700 bits per heavy atom. The first-order valence-electron chi connectivity index (χ1n) is 11.1. The third-order valence-corrected chi connectivity index (χ3v) is 9.14. The van der Waals surface area contributed by atoms with Crippen LogP contribution in [0.5, 0.6) is 5.75 Å². The van der Waals surface area contributed by atoms with Crippen LogP contribution >= 0.6 is 0 Å². The Kier molecular flexibility index (Phi) is 6.25. The first-order valence-corrected chi connectivity index (χ1v) is 15.4. The largest absolute Gasteiger partial charge is 0.485 e. The Labute approximate surface area is 226 Å². The van der Waals surface area contributed by atoms with E-state index in [1.54, 1.807) is 0 Å². The summed E-state index contributed by atoms with van der Waals surface area (Å²) in [6, 6.07) is 12.0. The Morgan fingerprint density at radius 2 is 1.12 bits per heavy atom. The molecule has 0 fully saturated rings. The molecule has 0 aliphatic rings. The monoisotopic (exact) mass is 607 g/mol. The van der Waals surface area contributed by atoms with Gasteiger partial charge in [0.25, 0.3) is 36.0 Å². The summed E-state index contributed by atoms with van der Waals surface area (Å²) in [7, 11) is -15.1. The van der Waals surface area contributed by atoms with Crippen LogP contribution in [0.4, 0.5) is 5.69 Å². The topological polar surface area (TPSA) is 215 Å². The van der Waals surface area contributed by atoms with Crippen LogP contribution in [0.15, 0.2) is 75.4 Å². The van der Waals surface area contributed by atoms with Crippen molar-refractivity contribution in [3.05, 3.63) is 76.3 Å². The molecule has 5 rings (SSSR count). The molecule has 0 spiro atoms. The molecule has 0 heterocycles. The number of hydrogen-bond acceptors (Lipinski definition) is 9. The summed E-state index contributed by atoms with van der Waals surface area (Å²) in [6.45, 7) is 1.46. The van der Waals surface area contributed by atoms with Gasteiger partial charge in [0.15, 0.2) is 0 Å². The molecule has 0 aliphatic heterocycles. The molecular weight excluding hydrogens is 590 g/mol. The summed E-state index contributed by atoms with van der Waals surface area (Å²) in [4.78, 5) is 8.45. The molecule has 13 nitrogen and oxygen atoms in total. The van der Waals surface area contributed by atoms with Crippen molar-refractivity contribution in [3.8, 4) is 5.75 Å². The Hall–Kier alpha value is -3.93. The number of nitro groups is 1. The zero-order valence-electron chi connectivity index (χ0n) is 20.0. The van der Waals surface area contributed by atoms with Crippen LogP contribution in [0.25, 0.3) is 32.3 Å². The van der Waals surface area contributed by atoms with Crippen molar-refractivity contribution in [1.29, 1.82) is 0 Å². The molecule has 1 atom stereocenters. The predicted octanol–water partition coefficient (Wildman–Crippen LogP) is 4.37. The van der Waals surface area contributed by atoms with Gasteiger partial charge in [-0.2, -0.15) is 25.3 Å². The number of ether oxygens (including phenoxy) is 1. The van der Waals surface area contributed by atoms with E-state index in [1.807, 2.05) is 0 Å². The molecule has 0 aromatic heterocycles. The zero-order valence-corrected chi connectivity index (χ0v) is 22.5. The van der Waals surface area contributed by atoms with Crippen molar-refractivity contribution >= 4 is 68.4 Å². The summed E-state index contributed by atoms with van der Waals surface area (Å²) in [6.07, 6.45) is -1.05. The van der Waals surface area contributed by atoms with Gasteiger partial charge in [0.05, 0.1) is 10.5 Å². The van der Waals surface area contributed by atoms with Gasteiger partial charge < -0.3 is 4.74 Å². The first kappa shape index (κ1) is 27.6. The average molecular weight is 608 g/mol. The summed E-state index contributed by atoms with van der Waals surface area (Å²) < 4.78 is 109. The molecular formula is C24H17NO12S3. The molecule has 5 aromatic carbocycles. The van der Waals surface area contributed by atoms with Gasteiger partial charge >= 0.3 is 0 Å². The van der Waals surface area contributed by atoms with E-state index in [9.17, 15) is 49.0 Å². The Bertz CT molecular complexity index is 2160. The van der Waals surface area contributed by atoms with Crippen molar-refractivity contribution in [2.45, 2.75) is 27.7 Å². The summed E-state index contributed by atoms with van der Waals surface area (Å²) in [5, 5.41) is 10.8. The lowest BCUT2D eigenvalue weighted by Crippen LogP contribution is -2.09. The van der Waals surface area contributed by atoms with Gasteiger partial charge in [-0.15, -0.1) is 0 Å². The fraction of sp³-hybridized carbons (Fsp3) is 0.0833. The average Bonchev–Trinajstić information content (AvgIpc) is 2.85. The molecule has 0 aliphatic carbocycles. The summed E-state index contributed by atoms with van der Waals surface area (Å²) >= 11 is 0. The van der Waals surface area contributed by atoms with E-state index in [1.165, 1.54) is 43.3 Å². The first-order chi connectivity index (χ1) is 18.5. The van der Waals surface area contributed by atoms with E-state index in [4.69, 9.17) is 4.74 Å². The van der Waals surface area contributed by atoms with E-state index in [0.29, 0.717) is 6.07 Å². The van der Waals surface area contributed by atoms with Crippen molar-refractivity contribution in [3.63, 3.8) is 0 Å².